The van der Waals surface area contributed by atoms with Gasteiger partial charge in [0.05, 0.1) is 29.6 Å². The molecule has 2 aromatic heterocycles. The minimum Gasteiger partial charge on any atom is -0.311 e. The summed E-state index contributed by atoms with van der Waals surface area (Å²) in [6, 6.07) is 14.4. The molecule has 0 atom stereocenters. The van der Waals surface area contributed by atoms with Gasteiger partial charge in [-0.15, -0.1) is 0 Å². The summed E-state index contributed by atoms with van der Waals surface area (Å²) in [7, 11) is 0. The van der Waals surface area contributed by atoms with E-state index in [9.17, 15) is 0 Å². The molecular weight excluding hydrogens is 248 g/mol. The average molecular weight is 266 g/mol. The van der Waals surface area contributed by atoms with Crippen molar-refractivity contribution in [2.45, 2.75) is 20.0 Å². The molecule has 3 rings (SSSR count). The maximum absolute atomic E-state index is 4.67. The summed E-state index contributed by atoms with van der Waals surface area (Å²) >= 11 is 0. The lowest BCUT2D eigenvalue weighted by molar-refractivity contribution is 0.675. The molecule has 0 saturated heterocycles. The molecule has 0 spiro atoms. The third-order valence-electron chi connectivity index (χ3n) is 3.28. The summed E-state index contributed by atoms with van der Waals surface area (Å²) in [6.07, 6.45) is 1.90. The van der Waals surface area contributed by atoms with E-state index in [0.717, 1.165) is 35.4 Å². The van der Waals surface area contributed by atoms with Crippen LogP contribution in [0.5, 0.6) is 0 Å². The van der Waals surface area contributed by atoms with Crippen molar-refractivity contribution in [2.24, 2.45) is 0 Å². The van der Waals surface area contributed by atoms with E-state index in [1.165, 1.54) is 0 Å². The minimum absolute atomic E-state index is 0.702. The van der Waals surface area contributed by atoms with Crippen LogP contribution in [-0.2, 0) is 13.1 Å². The van der Waals surface area contributed by atoms with Crippen LogP contribution < -0.4 is 5.32 Å². The Morgan fingerprint density at radius 1 is 1.05 bits per heavy atom. The highest BCUT2D eigenvalue weighted by atomic mass is 15.3. The summed E-state index contributed by atoms with van der Waals surface area (Å²) in [5, 5.41) is 8.90. The number of aromatic nitrogens is 3. The number of benzene rings is 1. The van der Waals surface area contributed by atoms with E-state index in [4.69, 9.17) is 0 Å². The molecule has 0 amide bonds. The molecule has 1 aromatic carbocycles. The Bertz CT molecular complexity index is 702. The first-order valence-electron chi connectivity index (χ1n) is 6.93. The Balaban J connectivity index is 1.83. The van der Waals surface area contributed by atoms with E-state index in [1.54, 1.807) is 0 Å². The zero-order valence-electron chi connectivity index (χ0n) is 11.6. The SMILES string of the molecule is CCNCc1cccc(Cn2ncc3ccccc32)n1. The molecular formula is C16H18N4. The first kappa shape index (κ1) is 12.8. The lowest BCUT2D eigenvalue weighted by atomic mass is 10.2. The van der Waals surface area contributed by atoms with Gasteiger partial charge in [-0.2, -0.15) is 5.10 Å². The van der Waals surface area contributed by atoms with Gasteiger partial charge < -0.3 is 5.32 Å². The Morgan fingerprint density at radius 2 is 1.90 bits per heavy atom. The van der Waals surface area contributed by atoms with Crippen molar-refractivity contribution in [1.29, 1.82) is 0 Å². The molecule has 0 unspecified atom stereocenters. The lowest BCUT2D eigenvalue weighted by Gasteiger charge is -2.06. The van der Waals surface area contributed by atoms with Crippen molar-refractivity contribution in [3.8, 4) is 0 Å². The molecule has 4 nitrogen and oxygen atoms in total. The minimum atomic E-state index is 0.702. The quantitative estimate of drug-likeness (QED) is 0.772. The van der Waals surface area contributed by atoms with E-state index < -0.39 is 0 Å². The molecule has 0 saturated carbocycles. The highest BCUT2D eigenvalue weighted by Crippen LogP contribution is 2.14. The second-order valence-electron chi connectivity index (χ2n) is 4.76. The van der Waals surface area contributed by atoms with Crippen LogP contribution >= 0.6 is 0 Å². The maximum atomic E-state index is 4.67. The molecule has 0 aliphatic heterocycles. The molecule has 0 aliphatic carbocycles. The molecule has 2 heterocycles. The fourth-order valence-electron chi connectivity index (χ4n) is 2.27. The van der Waals surface area contributed by atoms with Gasteiger partial charge in [-0.25, -0.2) is 0 Å². The highest BCUT2D eigenvalue weighted by Gasteiger charge is 2.04. The van der Waals surface area contributed by atoms with Crippen LogP contribution in [0.4, 0.5) is 0 Å². The zero-order chi connectivity index (χ0) is 13.8. The topological polar surface area (TPSA) is 42.7 Å². The van der Waals surface area contributed by atoms with Crippen molar-refractivity contribution >= 4 is 10.9 Å². The summed E-state index contributed by atoms with van der Waals surface area (Å²) in [5.41, 5.74) is 3.25. The molecule has 0 fully saturated rings. The van der Waals surface area contributed by atoms with E-state index in [0.29, 0.717) is 6.54 Å². The first-order chi connectivity index (χ1) is 9.86. The van der Waals surface area contributed by atoms with E-state index in [-0.39, 0.29) is 0 Å². The molecule has 1 N–H and O–H groups in total. The van der Waals surface area contributed by atoms with Crippen LogP contribution in [0.3, 0.4) is 0 Å². The molecule has 20 heavy (non-hydrogen) atoms. The average Bonchev–Trinajstić information content (AvgIpc) is 2.89. The van der Waals surface area contributed by atoms with Gasteiger partial charge in [0.1, 0.15) is 0 Å². The van der Waals surface area contributed by atoms with Gasteiger partial charge in [-0.1, -0.05) is 31.2 Å². The number of nitrogens with one attached hydrogen (secondary N) is 1. The van der Waals surface area contributed by atoms with Crippen molar-refractivity contribution in [3.63, 3.8) is 0 Å². The van der Waals surface area contributed by atoms with Crippen molar-refractivity contribution < 1.29 is 0 Å². The molecule has 4 heteroatoms. The van der Waals surface area contributed by atoms with Gasteiger partial charge in [0.15, 0.2) is 0 Å². The molecule has 102 valence electrons. The van der Waals surface area contributed by atoms with E-state index >= 15 is 0 Å². The number of rotatable bonds is 5. The fraction of sp³-hybridized carbons (Fsp3) is 0.250. The molecule has 0 aliphatic rings. The molecule has 0 bridgehead atoms. The standard InChI is InChI=1S/C16H18N4/c1-2-17-11-14-7-5-8-15(19-14)12-20-16-9-4-3-6-13(16)10-18-20/h3-10,17H,2,11-12H2,1H3. The van der Waals surface area contributed by atoms with E-state index in [1.807, 2.05) is 35.1 Å². The van der Waals surface area contributed by atoms with Gasteiger partial charge in [0.2, 0.25) is 0 Å². The number of hydrogen-bond donors (Lipinski definition) is 1. The monoisotopic (exact) mass is 266 g/mol. The Labute approximate surface area is 118 Å². The van der Waals surface area contributed by atoms with Gasteiger partial charge in [0, 0.05) is 11.9 Å². The second kappa shape index (κ2) is 5.84. The number of nitrogens with zero attached hydrogens (tertiary/aromatic N) is 3. The fourth-order valence-corrected chi connectivity index (χ4v) is 2.27. The maximum Gasteiger partial charge on any atom is 0.0838 e. The first-order valence-corrected chi connectivity index (χ1v) is 6.93. The smallest absolute Gasteiger partial charge is 0.0838 e. The van der Waals surface area contributed by atoms with Crippen molar-refractivity contribution in [1.82, 2.24) is 20.1 Å². The predicted octanol–water partition coefficient (Wildman–Crippen LogP) is 2.59. The van der Waals surface area contributed by atoms with Crippen molar-refractivity contribution in [3.05, 3.63) is 60.0 Å². The van der Waals surface area contributed by atoms with Gasteiger partial charge in [-0.3, -0.25) is 9.67 Å². The highest BCUT2D eigenvalue weighted by molar-refractivity contribution is 5.78. The molecule has 3 aromatic rings. The zero-order valence-corrected chi connectivity index (χ0v) is 11.6. The summed E-state index contributed by atoms with van der Waals surface area (Å²) < 4.78 is 1.99. The van der Waals surface area contributed by atoms with Gasteiger partial charge in [0.25, 0.3) is 0 Å². The van der Waals surface area contributed by atoms with Crippen LogP contribution in [0, 0.1) is 0 Å². The number of para-hydroxylation sites is 1. The second-order valence-corrected chi connectivity index (χ2v) is 4.76. The van der Waals surface area contributed by atoms with Crippen LogP contribution in [0.2, 0.25) is 0 Å². The van der Waals surface area contributed by atoms with Crippen LogP contribution in [0.1, 0.15) is 18.3 Å². The lowest BCUT2D eigenvalue weighted by Crippen LogP contribution is -2.14. The summed E-state index contributed by atoms with van der Waals surface area (Å²) in [4.78, 5) is 4.67. The summed E-state index contributed by atoms with van der Waals surface area (Å²) in [6.45, 7) is 4.56. The predicted molar refractivity (Wildman–Crippen MR) is 80.5 cm³/mol. The largest absolute Gasteiger partial charge is 0.311 e. The Hall–Kier alpha value is -2.20. The third kappa shape index (κ3) is 2.70. The third-order valence-corrected chi connectivity index (χ3v) is 3.28. The number of hydrogen-bond acceptors (Lipinski definition) is 3. The van der Waals surface area contributed by atoms with Gasteiger partial charge >= 0.3 is 0 Å². The van der Waals surface area contributed by atoms with Gasteiger partial charge in [-0.05, 0) is 24.7 Å². The van der Waals surface area contributed by atoms with Crippen LogP contribution in [-0.4, -0.2) is 21.3 Å². The van der Waals surface area contributed by atoms with Crippen molar-refractivity contribution in [2.75, 3.05) is 6.54 Å². The number of fused-ring (bicyclic) bond motifs is 1. The Morgan fingerprint density at radius 3 is 2.80 bits per heavy atom. The van der Waals surface area contributed by atoms with Crippen LogP contribution in [0.15, 0.2) is 48.7 Å². The Kier molecular flexibility index (Phi) is 3.74. The summed E-state index contributed by atoms with van der Waals surface area (Å²) in [5.74, 6) is 0. The van der Waals surface area contributed by atoms with E-state index in [2.05, 4.69) is 40.5 Å². The molecule has 0 radical (unpaired) electrons. The van der Waals surface area contributed by atoms with Crippen LogP contribution in [0.25, 0.3) is 10.9 Å². The normalized spacial score (nSPS) is 11.1. The number of pyridine rings is 1.